The molecular weight excluding hydrogens is 384 g/mol. The van der Waals surface area contributed by atoms with Crippen molar-refractivity contribution < 1.29 is 4.79 Å². The highest BCUT2D eigenvalue weighted by atomic mass is 79.9. The molecule has 1 amide bonds. The lowest BCUT2D eigenvalue weighted by atomic mass is 10.4. The Kier molecular flexibility index (Phi) is 4.42. The normalized spacial score (nSPS) is 11.1. The monoisotopic (exact) mass is 396 g/mol. The molecule has 0 aromatic carbocycles. The Labute approximate surface area is 144 Å². The van der Waals surface area contributed by atoms with E-state index >= 15 is 0 Å². The lowest BCUT2D eigenvalue weighted by Gasteiger charge is -2.03. The number of aromatic nitrogens is 3. The van der Waals surface area contributed by atoms with E-state index in [0.29, 0.717) is 11.4 Å². The summed E-state index contributed by atoms with van der Waals surface area (Å²) in [6.45, 7) is 4.06. The second-order valence-electron chi connectivity index (χ2n) is 4.92. The van der Waals surface area contributed by atoms with Gasteiger partial charge in [-0.15, -0.1) is 22.7 Å². The summed E-state index contributed by atoms with van der Waals surface area (Å²) in [5.41, 5.74) is 1.09. The summed E-state index contributed by atoms with van der Waals surface area (Å²) in [5.74, 6) is -0.221. The summed E-state index contributed by atoms with van der Waals surface area (Å²) in [6.07, 6.45) is 3.45. The third kappa shape index (κ3) is 3.29. The van der Waals surface area contributed by atoms with Gasteiger partial charge in [0, 0.05) is 27.5 Å². The van der Waals surface area contributed by atoms with Gasteiger partial charge in [-0.3, -0.25) is 9.48 Å². The van der Waals surface area contributed by atoms with Gasteiger partial charge in [0.05, 0.1) is 16.8 Å². The minimum Gasteiger partial charge on any atom is -0.318 e. The maximum Gasteiger partial charge on any atom is 0.275 e. The van der Waals surface area contributed by atoms with Crippen LogP contribution in [-0.4, -0.2) is 20.7 Å². The van der Waals surface area contributed by atoms with Gasteiger partial charge in [0.2, 0.25) is 0 Å². The average molecular weight is 397 g/mol. The Hall–Kier alpha value is -1.51. The summed E-state index contributed by atoms with van der Waals surface area (Å²) in [5, 5.41) is 11.6. The fourth-order valence-electron chi connectivity index (χ4n) is 1.80. The number of amides is 1. The van der Waals surface area contributed by atoms with Gasteiger partial charge in [-0.25, -0.2) is 4.98 Å². The molecule has 0 spiro atoms. The number of rotatable bonds is 4. The predicted molar refractivity (Wildman–Crippen MR) is 93.7 cm³/mol. The van der Waals surface area contributed by atoms with Crippen LogP contribution in [0, 0.1) is 0 Å². The molecule has 0 bridgehead atoms. The largest absolute Gasteiger partial charge is 0.318 e. The molecule has 3 aromatic rings. The highest BCUT2D eigenvalue weighted by Gasteiger charge is 2.14. The van der Waals surface area contributed by atoms with Crippen LogP contribution in [0.15, 0.2) is 33.7 Å². The van der Waals surface area contributed by atoms with Gasteiger partial charge in [-0.05, 0) is 35.8 Å². The predicted octanol–water partition coefficient (Wildman–Crippen LogP) is 4.66. The molecule has 5 nitrogen and oxygen atoms in total. The SMILES string of the molecule is CC(C)n1cc(NC(=O)c2csc(-c3cc(Br)cs3)n2)cn1. The van der Waals surface area contributed by atoms with E-state index in [1.807, 2.05) is 31.5 Å². The first kappa shape index (κ1) is 15.4. The van der Waals surface area contributed by atoms with E-state index in [2.05, 4.69) is 31.3 Å². The van der Waals surface area contributed by atoms with Crippen molar-refractivity contribution in [2.45, 2.75) is 19.9 Å². The van der Waals surface area contributed by atoms with Crippen molar-refractivity contribution in [3.8, 4) is 9.88 Å². The highest BCUT2D eigenvalue weighted by Crippen LogP contribution is 2.32. The van der Waals surface area contributed by atoms with Crippen molar-refractivity contribution >= 4 is 50.2 Å². The maximum atomic E-state index is 12.2. The molecule has 0 aliphatic rings. The van der Waals surface area contributed by atoms with Gasteiger partial charge in [-0.2, -0.15) is 5.10 Å². The van der Waals surface area contributed by atoms with Crippen molar-refractivity contribution in [3.05, 3.63) is 39.4 Å². The first-order chi connectivity index (χ1) is 10.5. The molecule has 0 aliphatic heterocycles. The Bertz CT molecular complexity index is 805. The number of halogens is 1. The average Bonchev–Trinajstić information content (AvgIpc) is 3.16. The topological polar surface area (TPSA) is 59.8 Å². The second kappa shape index (κ2) is 6.31. The summed E-state index contributed by atoms with van der Waals surface area (Å²) in [6, 6.07) is 2.26. The molecule has 114 valence electrons. The zero-order valence-electron chi connectivity index (χ0n) is 11.9. The van der Waals surface area contributed by atoms with Gasteiger partial charge >= 0.3 is 0 Å². The zero-order valence-corrected chi connectivity index (χ0v) is 15.1. The first-order valence-corrected chi connectivity index (χ1v) is 9.13. The van der Waals surface area contributed by atoms with Crippen LogP contribution in [0.1, 0.15) is 30.4 Å². The molecule has 0 atom stereocenters. The van der Waals surface area contributed by atoms with Crippen LogP contribution in [0.25, 0.3) is 9.88 Å². The van der Waals surface area contributed by atoms with E-state index in [-0.39, 0.29) is 11.9 Å². The van der Waals surface area contributed by atoms with E-state index in [1.165, 1.54) is 11.3 Å². The third-order valence-corrected chi connectivity index (χ3v) is 5.61. The molecule has 8 heteroatoms. The number of hydrogen-bond acceptors (Lipinski definition) is 5. The molecule has 0 saturated heterocycles. The molecular formula is C14H13BrN4OS2. The van der Waals surface area contributed by atoms with E-state index in [4.69, 9.17) is 0 Å². The fourth-order valence-corrected chi connectivity index (χ4v) is 4.10. The molecule has 0 aliphatic carbocycles. The van der Waals surface area contributed by atoms with Gasteiger partial charge in [-0.1, -0.05) is 0 Å². The van der Waals surface area contributed by atoms with Gasteiger partial charge < -0.3 is 5.32 Å². The Balaban J connectivity index is 1.73. The lowest BCUT2D eigenvalue weighted by Crippen LogP contribution is -2.11. The van der Waals surface area contributed by atoms with Crippen LogP contribution >= 0.6 is 38.6 Å². The number of hydrogen-bond donors (Lipinski definition) is 1. The highest BCUT2D eigenvalue weighted by molar-refractivity contribution is 9.10. The summed E-state index contributed by atoms with van der Waals surface area (Å²) in [4.78, 5) is 17.7. The standard InChI is InChI=1S/C14H13BrN4OS2/c1-8(2)19-5-10(4-16-19)17-13(20)11-7-22-14(18-11)12-3-9(15)6-21-12/h3-8H,1-2H3,(H,17,20). The molecule has 0 saturated carbocycles. The molecule has 0 unspecified atom stereocenters. The molecule has 1 N–H and O–H groups in total. The van der Waals surface area contributed by atoms with Crippen LogP contribution in [0.2, 0.25) is 0 Å². The molecule has 3 aromatic heterocycles. The van der Waals surface area contributed by atoms with Crippen molar-refractivity contribution in [2.24, 2.45) is 0 Å². The van der Waals surface area contributed by atoms with E-state index in [0.717, 1.165) is 14.4 Å². The first-order valence-electron chi connectivity index (χ1n) is 6.58. The van der Waals surface area contributed by atoms with E-state index in [9.17, 15) is 4.79 Å². The van der Waals surface area contributed by atoms with Gasteiger partial charge in [0.15, 0.2) is 0 Å². The lowest BCUT2D eigenvalue weighted by molar-refractivity contribution is 0.102. The zero-order chi connectivity index (χ0) is 15.7. The second-order valence-corrected chi connectivity index (χ2v) is 7.61. The summed E-state index contributed by atoms with van der Waals surface area (Å²) >= 11 is 6.48. The molecule has 22 heavy (non-hydrogen) atoms. The van der Waals surface area contributed by atoms with Crippen LogP contribution in [0.4, 0.5) is 5.69 Å². The Morgan fingerprint density at radius 2 is 2.18 bits per heavy atom. The van der Waals surface area contributed by atoms with Crippen LogP contribution in [-0.2, 0) is 0 Å². The number of anilines is 1. The molecule has 3 rings (SSSR count). The van der Waals surface area contributed by atoms with Crippen LogP contribution < -0.4 is 5.32 Å². The smallest absolute Gasteiger partial charge is 0.275 e. The number of thiazole rings is 1. The van der Waals surface area contributed by atoms with Crippen molar-refractivity contribution in [1.29, 1.82) is 0 Å². The van der Waals surface area contributed by atoms with Crippen molar-refractivity contribution in [3.63, 3.8) is 0 Å². The summed E-state index contributed by atoms with van der Waals surface area (Å²) < 4.78 is 2.82. The Morgan fingerprint density at radius 1 is 1.36 bits per heavy atom. The molecule has 0 radical (unpaired) electrons. The molecule has 3 heterocycles. The number of carbonyl (C=O) groups is 1. The number of nitrogens with zero attached hydrogens (tertiary/aromatic N) is 3. The van der Waals surface area contributed by atoms with Gasteiger partial charge in [0.1, 0.15) is 10.7 Å². The quantitative estimate of drug-likeness (QED) is 0.696. The van der Waals surface area contributed by atoms with Crippen molar-refractivity contribution in [1.82, 2.24) is 14.8 Å². The maximum absolute atomic E-state index is 12.2. The Morgan fingerprint density at radius 3 is 2.82 bits per heavy atom. The van der Waals surface area contributed by atoms with E-state index < -0.39 is 0 Å². The number of thiophene rings is 1. The van der Waals surface area contributed by atoms with Crippen LogP contribution in [0.3, 0.4) is 0 Å². The van der Waals surface area contributed by atoms with Crippen LogP contribution in [0.5, 0.6) is 0 Å². The molecule has 0 fully saturated rings. The summed E-state index contributed by atoms with van der Waals surface area (Å²) in [7, 11) is 0. The number of nitrogens with one attached hydrogen (secondary N) is 1. The minimum absolute atomic E-state index is 0.221. The fraction of sp³-hybridized carbons (Fsp3) is 0.214. The van der Waals surface area contributed by atoms with Crippen molar-refractivity contribution in [2.75, 3.05) is 5.32 Å². The van der Waals surface area contributed by atoms with E-state index in [1.54, 1.807) is 27.6 Å². The minimum atomic E-state index is -0.221. The number of carbonyl (C=O) groups excluding carboxylic acids is 1. The van der Waals surface area contributed by atoms with Gasteiger partial charge in [0.25, 0.3) is 5.91 Å². The third-order valence-electron chi connectivity index (χ3n) is 2.90.